The van der Waals surface area contributed by atoms with Crippen molar-refractivity contribution >= 4 is 22.6 Å². The number of ether oxygens (including phenoxy) is 2. The van der Waals surface area contributed by atoms with E-state index in [0.29, 0.717) is 40.4 Å². The summed E-state index contributed by atoms with van der Waals surface area (Å²) in [6.45, 7) is 0. The molecule has 8 heteroatoms. The highest BCUT2D eigenvalue weighted by Crippen LogP contribution is 2.27. The molecule has 0 saturated carbocycles. The fraction of sp³-hybridized carbons (Fsp3) is 0.143. The summed E-state index contributed by atoms with van der Waals surface area (Å²) in [4.78, 5) is 29.2. The van der Waals surface area contributed by atoms with Crippen LogP contribution in [-0.4, -0.2) is 30.1 Å². The highest BCUT2D eigenvalue weighted by Gasteiger charge is 2.14. The van der Waals surface area contributed by atoms with Crippen molar-refractivity contribution in [2.24, 2.45) is 0 Å². The average molecular weight is 393 g/mol. The van der Waals surface area contributed by atoms with E-state index >= 15 is 0 Å². The Labute approximate surface area is 165 Å². The number of carbonyl (C=O) groups is 1. The molecule has 29 heavy (non-hydrogen) atoms. The highest BCUT2D eigenvalue weighted by atomic mass is 16.5. The molecule has 2 aromatic heterocycles. The van der Waals surface area contributed by atoms with Crippen molar-refractivity contribution in [3.8, 4) is 11.5 Å². The lowest BCUT2D eigenvalue weighted by Crippen LogP contribution is -2.10. The van der Waals surface area contributed by atoms with Gasteiger partial charge in [-0.05, 0) is 48.5 Å². The Morgan fingerprint density at radius 3 is 2.62 bits per heavy atom. The molecule has 3 N–H and O–H groups in total. The molecule has 8 nitrogen and oxygen atoms in total. The number of rotatable bonds is 6. The van der Waals surface area contributed by atoms with Crippen LogP contribution in [0.5, 0.6) is 11.5 Å². The van der Waals surface area contributed by atoms with E-state index < -0.39 is 0 Å². The molecule has 0 spiro atoms. The van der Waals surface area contributed by atoms with Crippen molar-refractivity contribution < 1.29 is 18.7 Å². The van der Waals surface area contributed by atoms with Gasteiger partial charge < -0.3 is 29.2 Å². The van der Waals surface area contributed by atoms with E-state index in [2.05, 4.69) is 15.3 Å². The van der Waals surface area contributed by atoms with E-state index in [1.54, 1.807) is 44.6 Å². The first-order chi connectivity index (χ1) is 14.1. The van der Waals surface area contributed by atoms with Crippen LogP contribution < -0.4 is 20.5 Å². The van der Waals surface area contributed by atoms with Crippen LogP contribution in [0.25, 0.3) is 11.0 Å². The lowest BCUT2D eigenvalue weighted by atomic mass is 10.1. The number of imidazole rings is 1. The van der Waals surface area contributed by atoms with Crippen LogP contribution in [0.1, 0.15) is 21.9 Å². The molecule has 148 valence electrons. The number of nitrogens with one attached hydrogen (secondary N) is 3. The van der Waals surface area contributed by atoms with Crippen molar-refractivity contribution in [2.75, 3.05) is 19.5 Å². The van der Waals surface area contributed by atoms with Gasteiger partial charge in [0.1, 0.15) is 17.3 Å². The molecular weight excluding hydrogens is 374 g/mol. The summed E-state index contributed by atoms with van der Waals surface area (Å²) in [5.41, 5.74) is 2.41. The average Bonchev–Trinajstić information content (AvgIpc) is 3.33. The Hall–Kier alpha value is -3.94. The zero-order valence-electron chi connectivity index (χ0n) is 15.9. The fourth-order valence-electron chi connectivity index (χ4n) is 3.11. The largest absolute Gasteiger partial charge is 0.497 e. The number of aromatic nitrogens is 2. The second kappa shape index (κ2) is 7.59. The summed E-state index contributed by atoms with van der Waals surface area (Å²) in [7, 11) is 3.20. The molecule has 1 amide bonds. The quantitative estimate of drug-likeness (QED) is 0.466. The number of H-pyrrole nitrogens is 2. The van der Waals surface area contributed by atoms with E-state index in [0.717, 1.165) is 5.56 Å². The standard InChI is InChI=1S/C21H19N3O5/c1-27-14-4-7-18(28-2)12(9-14)10-15-5-8-19(29-15)20(25)22-13-3-6-16-17(11-13)24-21(26)23-16/h3-9,11H,10H2,1-2H3,(H,22,25)(H2,23,24,26). The molecule has 4 aromatic rings. The maximum atomic E-state index is 12.5. The molecule has 0 aliphatic carbocycles. The van der Waals surface area contributed by atoms with Crippen LogP contribution >= 0.6 is 0 Å². The fourth-order valence-corrected chi connectivity index (χ4v) is 3.11. The number of aromatic amines is 2. The van der Waals surface area contributed by atoms with Crippen molar-refractivity contribution in [3.63, 3.8) is 0 Å². The molecule has 0 saturated heterocycles. The lowest BCUT2D eigenvalue weighted by molar-refractivity contribution is 0.0995. The van der Waals surface area contributed by atoms with Gasteiger partial charge in [-0.15, -0.1) is 0 Å². The SMILES string of the molecule is COc1ccc(OC)c(Cc2ccc(C(=O)Nc3ccc4[nH]c(=O)[nH]c4c3)o2)c1. The number of carbonyl (C=O) groups excluding carboxylic acids is 1. The first-order valence-electron chi connectivity index (χ1n) is 8.89. The molecule has 2 heterocycles. The van der Waals surface area contributed by atoms with Gasteiger partial charge in [0.2, 0.25) is 0 Å². The van der Waals surface area contributed by atoms with Gasteiger partial charge in [0.05, 0.1) is 25.3 Å². The number of hydrogen-bond donors (Lipinski definition) is 3. The summed E-state index contributed by atoms with van der Waals surface area (Å²) in [5, 5.41) is 2.76. The maximum absolute atomic E-state index is 12.5. The molecular formula is C21H19N3O5. The van der Waals surface area contributed by atoms with Gasteiger partial charge in [-0.25, -0.2) is 4.79 Å². The Bertz CT molecular complexity index is 1230. The monoisotopic (exact) mass is 393 g/mol. The van der Waals surface area contributed by atoms with Crippen LogP contribution in [0.3, 0.4) is 0 Å². The summed E-state index contributed by atoms with van der Waals surface area (Å²) >= 11 is 0. The van der Waals surface area contributed by atoms with Gasteiger partial charge in [0, 0.05) is 17.7 Å². The molecule has 0 aliphatic rings. The van der Waals surface area contributed by atoms with E-state index in [-0.39, 0.29) is 17.4 Å². The number of fused-ring (bicyclic) bond motifs is 1. The number of amides is 1. The van der Waals surface area contributed by atoms with Crippen LogP contribution in [-0.2, 0) is 6.42 Å². The van der Waals surface area contributed by atoms with Gasteiger partial charge in [0.15, 0.2) is 5.76 Å². The minimum Gasteiger partial charge on any atom is -0.497 e. The van der Waals surface area contributed by atoms with E-state index in [4.69, 9.17) is 13.9 Å². The van der Waals surface area contributed by atoms with Gasteiger partial charge in [-0.2, -0.15) is 0 Å². The summed E-state index contributed by atoms with van der Waals surface area (Å²) in [6.07, 6.45) is 0.449. The van der Waals surface area contributed by atoms with Crippen molar-refractivity contribution in [3.05, 3.63) is 76.1 Å². The van der Waals surface area contributed by atoms with E-state index in [1.165, 1.54) is 0 Å². The smallest absolute Gasteiger partial charge is 0.323 e. The van der Waals surface area contributed by atoms with Crippen LogP contribution in [0.2, 0.25) is 0 Å². The minimum atomic E-state index is -0.383. The first kappa shape index (κ1) is 18.4. The third kappa shape index (κ3) is 3.86. The normalized spacial score (nSPS) is 10.8. The Kier molecular flexibility index (Phi) is 4.82. The van der Waals surface area contributed by atoms with E-state index in [9.17, 15) is 9.59 Å². The van der Waals surface area contributed by atoms with Crippen molar-refractivity contribution in [1.82, 2.24) is 9.97 Å². The summed E-state index contributed by atoms with van der Waals surface area (Å²) in [5.74, 6) is 1.84. The third-order valence-corrected chi connectivity index (χ3v) is 4.51. The molecule has 0 radical (unpaired) electrons. The second-order valence-electron chi connectivity index (χ2n) is 6.41. The van der Waals surface area contributed by atoms with Gasteiger partial charge in [-0.3, -0.25) is 4.79 Å². The van der Waals surface area contributed by atoms with Crippen LogP contribution in [0.15, 0.2) is 57.7 Å². The molecule has 0 bridgehead atoms. The van der Waals surface area contributed by atoms with Crippen LogP contribution in [0, 0.1) is 0 Å². The zero-order chi connectivity index (χ0) is 20.4. The summed E-state index contributed by atoms with van der Waals surface area (Å²) in [6, 6.07) is 14.0. The highest BCUT2D eigenvalue weighted by molar-refractivity contribution is 6.03. The third-order valence-electron chi connectivity index (χ3n) is 4.51. The van der Waals surface area contributed by atoms with Crippen LogP contribution in [0.4, 0.5) is 5.69 Å². The Morgan fingerprint density at radius 1 is 1.00 bits per heavy atom. The topological polar surface area (TPSA) is 109 Å². The van der Waals surface area contributed by atoms with Crippen molar-refractivity contribution in [2.45, 2.75) is 6.42 Å². The maximum Gasteiger partial charge on any atom is 0.323 e. The Balaban J connectivity index is 1.50. The number of methoxy groups -OCH3 is 2. The molecule has 0 atom stereocenters. The lowest BCUT2D eigenvalue weighted by Gasteiger charge is -2.09. The number of hydrogen-bond acceptors (Lipinski definition) is 5. The molecule has 0 fully saturated rings. The van der Waals surface area contributed by atoms with Crippen molar-refractivity contribution in [1.29, 1.82) is 0 Å². The minimum absolute atomic E-state index is 0.185. The Morgan fingerprint density at radius 2 is 1.83 bits per heavy atom. The predicted molar refractivity (Wildman–Crippen MR) is 108 cm³/mol. The molecule has 0 unspecified atom stereocenters. The molecule has 4 rings (SSSR count). The zero-order valence-corrected chi connectivity index (χ0v) is 15.9. The molecule has 2 aromatic carbocycles. The van der Waals surface area contributed by atoms with E-state index in [1.807, 2.05) is 18.2 Å². The number of benzene rings is 2. The summed E-state index contributed by atoms with van der Waals surface area (Å²) < 4.78 is 16.4. The number of furan rings is 1. The second-order valence-corrected chi connectivity index (χ2v) is 6.41. The van der Waals surface area contributed by atoms with Gasteiger partial charge >= 0.3 is 5.69 Å². The molecule has 0 aliphatic heterocycles. The first-order valence-corrected chi connectivity index (χ1v) is 8.89. The van der Waals surface area contributed by atoms with Gasteiger partial charge in [-0.1, -0.05) is 0 Å². The van der Waals surface area contributed by atoms with Gasteiger partial charge in [0.25, 0.3) is 5.91 Å². The number of anilines is 1. The predicted octanol–water partition coefficient (Wildman–Crippen LogP) is 3.31.